The van der Waals surface area contributed by atoms with Crippen LogP contribution >= 0.6 is 23.2 Å². The molecule has 4 heteroatoms. The van der Waals surface area contributed by atoms with E-state index in [1.807, 2.05) is 18.2 Å². The van der Waals surface area contributed by atoms with E-state index in [1.165, 1.54) is 25.1 Å². The zero-order chi connectivity index (χ0) is 13.1. The van der Waals surface area contributed by atoms with E-state index in [-0.39, 0.29) is 0 Å². The predicted molar refractivity (Wildman–Crippen MR) is 78.4 cm³/mol. The van der Waals surface area contributed by atoms with Crippen molar-refractivity contribution in [1.29, 1.82) is 0 Å². The van der Waals surface area contributed by atoms with Crippen molar-refractivity contribution in [2.24, 2.45) is 5.92 Å². The SMILES string of the molecule is CC1CN(C)CCC1NCc1ccc(Cl)c(Cl)c1. The molecule has 1 aromatic rings. The Morgan fingerprint density at radius 3 is 2.78 bits per heavy atom. The van der Waals surface area contributed by atoms with Crippen LogP contribution in [0, 0.1) is 5.92 Å². The fourth-order valence-corrected chi connectivity index (χ4v) is 2.88. The molecule has 1 fully saturated rings. The standard InChI is InChI=1S/C14H20Cl2N2/c1-10-9-18(2)6-5-14(10)17-8-11-3-4-12(15)13(16)7-11/h3-4,7,10,14,17H,5-6,8-9H2,1-2H3. The number of piperidine rings is 1. The molecule has 2 rings (SSSR count). The van der Waals surface area contributed by atoms with Crippen molar-refractivity contribution in [3.8, 4) is 0 Å². The highest BCUT2D eigenvalue weighted by Crippen LogP contribution is 2.23. The van der Waals surface area contributed by atoms with Crippen LogP contribution in [0.15, 0.2) is 18.2 Å². The lowest BCUT2D eigenvalue weighted by atomic mass is 9.94. The molecule has 0 amide bonds. The van der Waals surface area contributed by atoms with Crippen molar-refractivity contribution in [3.63, 3.8) is 0 Å². The first-order chi connectivity index (χ1) is 8.56. The highest BCUT2D eigenvalue weighted by atomic mass is 35.5. The minimum Gasteiger partial charge on any atom is -0.310 e. The van der Waals surface area contributed by atoms with Crippen LogP contribution in [0.5, 0.6) is 0 Å². The van der Waals surface area contributed by atoms with Gasteiger partial charge in [0.1, 0.15) is 0 Å². The molecule has 0 radical (unpaired) electrons. The first-order valence-corrected chi connectivity index (χ1v) is 7.17. The van der Waals surface area contributed by atoms with Gasteiger partial charge in [-0.3, -0.25) is 0 Å². The maximum absolute atomic E-state index is 6.02. The van der Waals surface area contributed by atoms with Crippen LogP contribution in [-0.4, -0.2) is 31.1 Å². The summed E-state index contributed by atoms with van der Waals surface area (Å²) in [5.74, 6) is 0.687. The zero-order valence-corrected chi connectivity index (χ0v) is 12.4. The molecule has 2 unspecified atom stereocenters. The molecule has 1 aliphatic rings. The predicted octanol–water partition coefficient (Wildman–Crippen LogP) is 3.42. The zero-order valence-electron chi connectivity index (χ0n) is 10.9. The molecular weight excluding hydrogens is 267 g/mol. The summed E-state index contributed by atoms with van der Waals surface area (Å²) in [4.78, 5) is 2.39. The highest BCUT2D eigenvalue weighted by molar-refractivity contribution is 6.42. The number of nitrogens with one attached hydrogen (secondary N) is 1. The van der Waals surface area contributed by atoms with Gasteiger partial charge >= 0.3 is 0 Å². The largest absolute Gasteiger partial charge is 0.310 e. The average Bonchev–Trinajstić information content (AvgIpc) is 2.32. The number of likely N-dealkylation sites (tertiary alicyclic amines) is 1. The van der Waals surface area contributed by atoms with Gasteiger partial charge in [-0.15, -0.1) is 0 Å². The van der Waals surface area contributed by atoms with Crippen LogP contribution < -0.4 is 5.32 Å². The van der Waals surface area contributed by atoms with Gasteiger partial charge in [-0.1, -0.05) is 36.2 Å². The summed E-state index contributed by atoms with van der Waals surface area (Å²) in [6.45, 7) is 5.50. The van der Waals surface area contributed by atoms with E-state index in [4.69, 9.17) is 23.2 Å². The smallest absolute Gasteiger partial charge is 0.0595 e. The van der Waals surface area contributed by atoms with Crippen molar-refractivity contribution in [1.82, 2.24) is 10.2 Å². The molecule has 0 spiro atoms. The summed E-state index contributed by atoms with van der Waals surface area (Å²) in [5, 5.41) is 4.88. The summed E-state index contributed by atoms with van der Waals surface area (Å²) in [6, 6.07) is 6.42. The maximum Gasteiger partial charge on any atom is 0.0595 e. The normalized spacial score (nSPS) is 25.3. The number of hydrogen-bond donors (Lipinski definition) is 1. The lowest BCUT2D eigenvalue weighted by molar-refractivity contribution is 0.174. The van der Waals surface area contributed by atoms with Crippen molar-refractivity contribution < 1.29 is 0 Å². The Labute approximate surface area is 119 Å². The van der Waals surface area contributed by atoms with Gasteiger partial charge in [0, 0.05) is 19.1 Å². The number of rotatable bonds is 3. The lowest BCUT2D eigenvalue weighted by Crippen LogP contribution is -2.46. The van der Waals surface area contributed by atoms with Gasteiger partial charge < -0.3 is 10.2 Å². The van der Waals surface area contributed by atoms with E-state index in [9.17, 15) is 0 Å². The fraction of sp³-hybridized carbons (Fsp3) is 0.571. The van der Waals surface area contributed by atoms with Gasteiger partial charge in [0.15, 0.2) is 0 Å². The van der Waals surface area contributed by atoms with E-state index >= 15 is 0 Å². The topological polar surface area (TPSA) is 15.3 Å². The Balaban J connectivity index is 1.89. The van der Waals surface area contributed by atoms with Crippen LogP contribution in [0.25, 0.3) is 0 Å². The molecule has 0 saturated carbocycles. The van der Waals surface area contributed by atoms with Gasteiger partial charge in [0.25, 0.3) is 0 Å². The molecule has 0 aliphatic carbocycles. The second-order valence-electron chi connectivity index (χ2n) is 5.26. The van der Waals surface area contributed by atoms with Crippen LogP contribution in [0.4, 0.5) is 0 Å². The Morgan fingerprint density at radius 2 is 2.11 bits per heavy atom. The Kier molecular flexibility index (Phi) is 4.91. The average molecular weight is 287 g/mol. The van der Waals surface area contributed by atoms with Crippen molar-refractivity contribution in [2.45, 2.75) is 25.9 Å². The quantitative estimate of drug-likeness (QED) is 0.916. The molecule has 1 saturated heterocycles. The molecule has 2 nitrogen and oxygen atoms in total. The number of halogens is 2. The Bertz CT molecular complexity index is 409. The molecule has 1 N–H and O–H groups in total. The van der Waals surface area contributed by atoms with Crippen molar-refractivity contribution in [2.75, 3.05) is 20.1 Å². The van der Waals surface area contributed by atoms with E-state index in [0.29, 0.717) is 22.0 Å². The third-order valence-corrected chi connectivity index (χ3v) is 4.40. The first kappa shape index (κ1) is 14.1. The minimum atomic E-state index is 0.593. The molecule has 0 bridgehead atoms. The summed E-state index contributed by atoms with van der Waals surface area (Å²) >= 11 is 11.9. The number of benzene rings is 1. The summed E-state index contributed by atoms with van der Waals surface area (Å²) < 4.78 is 0. The van der Waals surface area contributed by atoms with Crippen molar-refractivity contribution in [3.05, 3.63) is 33.8 Å². The van der Waals surface area contributed by atoms with Crippen LogP contribution in [0.2, 0.25) is 10.0 Å². The van der Waals surface area contributed by atoms with E-state index in [2.05, 4.69) is 24.2 Å². The molecule has 18 heavy (non-hydrogen) atoms. The van der Waals surface area contributed by atoms with Gasteiger partial charge in [0.2, 0.25) is 0 Å². The third-order valence-electron chi connectivity index (χ3n) is 3.66. The van der Waals surface area contributed by atoms with Gasteiger partial charge in [-0.25, -0.2) is 0 Å². The van der Waals surface area contributed by atoms with Crippen molar-refractivity contribution >= 4 is 23.2 Å². The fourth-order valence-electron chi connectivity index (χ4n) is 2.56. The summed E-state index contributed by atoms with van der Waals surface area (Å²) in [5.41, 5.74) is 1.19. The van der Waals surface area contributed by atoms with Gasteiger partial charge in [-0.2, -0.15) is 0 Å². The van der Waals surface area contributed by atoms with Crippen LogP contribution in [0.3, 0.4) is 0 Å². The van der Waals surface area contributed by atoms with E-state index in [1.54, 1.807) is 0 Å². The maximum atomic E-state index is 6.02. The van der Waals surface area contributed by atoms with Crippen LogP contribution in [0.1, 0.15) is 18.9 Å². The molecule has 100 valence electrons. The molecule has 0 aromatic heterocycles. The second-order valence-corrected chi connectivity index (χ2v) is 6.08. The molecule has 1 heterocycles. The second kappa shape index (κ2) is 6.25. The lowest BCUT2D eigenvalue weighted by Gasteiger charge is -2.35. The van der Waals surface area contributed by atoms with Gasteiger partial charge in [0.05, 0.1) is 10.0 Å². The number of hydrogen-bond acceptors (Lipinski definition) is 2. The monoisotopic (exact) mass is 286 g/mol. The molecular formula is C14H20Cl2N2. The first-order valence-electron chi connectivity index (χ1n) is 6.42. The summed E-state index contributed by atoms with van der Waals surface area (Å²) in [7, 11) is 2.19. The van der Waals surface area contributed by atoms with Gasteiger partial charge in [-0.05, 0) is 43.6 Å². The van der Waals surface area contributed by atoms with E-state index < -0.39 is 0 Å². The molecule has 1 aliphatic heterocycles. The van der Waals surface area contributed by atoms with E-state index in [0.717, 1.165) is 6.54 Å². The Hall–Kier alpha value is -0.280. The minimum absolute atomic E-state index is 0.593. The van der Waals surface area contributed by atoms with Crippen LogP contribution in [-0.2, 0) is 6.54 Å². The number of nitrogens with zero attached hydrogens (tertiary/aromatic N) is 1. The highest BCUT2D eigenvalue weighted by Gasteiger charge is 2.23. The third kappa shape index (κ3) is 3.61. The Morgan fingerprint density at radius 1 is 1.33 bits per heavy atom. The molecule has 2 atom stereocenters. The summed E-state index contributed by atoms with van der Waals surface area (Å²) in [6.07, 6.45) is 1.21. The molecule has 1 aromatic carbocycles.